The van der Waals surface area contributed by atoms with Gasteiger partial charge < -0.3 is 9.47 Å². The van der Waals surface area contributed by atoms with Gasteiger partial charge in [-0.25, -0.2) is 4.39 Å². The van der Waals surface area contributed by atoms with Crippen molar-refractivity contribution in [2.24, 2.45) is 0 Å². The zero-order chi connectivity index (χ0) is 19.4. The van der Waals surface area contributed by atoms with Gasteiger partial charge in [0.2, 0.25) is 0 Å². The third kappa shape index (κ3) is 6.36. The van der Waals surface area contributed by atoms with Gasteiger partial charge in [0.1, 0.15) is 17.3 Å². The molecule has 26 heavy (non-hydrogen) atoms. The molecule has 0 saturated carbocycles. The van der Waals surface area contributed by atoms with Gasteiger partial charge in [-0.1, -0.05) is 59.1 Å². The molecule has 2 aromatic carbocycles. The van der Waals surface area contributed by atoms with Crippen LogP contribution in [0.1, 0.15) is 58.9 Å². The molecule has 2 nitrogen and oxygen atoms in total. The van der Waals surface area contributed by atoms with Crippen LogP contribution in [-0.4, -0.2) is 13.7 Å². The number of aryl methyl sites for hydroxylation is 1. The maximum Gasteiger partial charge on any atom is 0.131 e. The molecule has 0 amide bonds. The third-order valence-electron chi connectivity index (χ3n) is 4.17. The molecule has 0 bridgehead atoms. The van der Waals surface area contributed by atoms with Crippen molar-refractivity contribution in [1.82, 2.24) is 0 Å². The Morgan fingerprint density at radius 3 is 2.31 bits per heavy atom. The van der Waals surface area contributed by atoms with Gasteiger partial charge >= 0.3 is 0 Å². The monoisotopic (exact) mass is 360 g/mol. The summed E-state index contributed by atoms with van der Waals surface area (Å²) >= 11 is 0. The van der Waals surface area contributed by atoms with Crippen LogP contribution in [0.25, 0.3) is 11.1 Å². The van der Waals surface area contributed by atoms with Crippen LogP contribution in [0, 0.1) is 5.82 Å². The van der Waals surface area contributed by atoms with E-state index in [1.165, 1.54) is 24.5 Å². The standard InChI is InChI=1S/C21H27FO2.C2H6/c1-4-6-7-8-13-24-21-14-16(5-2)9-11-18(21)19-15-17(23-3)10-12-20(19)22;1-2/h9-12,14-15H,4-8,13H2,1-3H3;1-2H3. The van der Waals surface area contributed by atoms with E-state index in [4.69, 9.17) is 9.47 Å². The number of methoxy groups -OCH3 is 1. The molecule has 0 spiro atoms. The van der Waals surface area contributed by atoms with Crippen LogP contribution < -0.4 is 9.47 Å². The van der Waals surface area contributed by atoms with E-state index in [2.05, 4.69) is 13.8 Å². The summed E-state index contributed by atoms with van der Waals surface area (Å²) in [6.07, 6.45) is 5.52. The minimum atomic E-state index is -0.268. The zero-order valence-electron chi connectivity index (χ0n) is 16.9. The number of halogens is 1. The van der Waals surface area contributed by atoms with Crippen LogP contribution >= 0.6 is 0 Å². The Labute approximate surface area is 158 Å². The average molecular weight is 361 g/mol. The first-order valence-corrected chi connectivity index (χ1v) is 9.79. The van der Waals surface area contributed by atoms with Crippen LogP contribution in [0.4, 0.5) is 4.39 Å². The van der Waals surface area contributed by atoms with E-state index in [1.54, 1.807) is 19.2 Å². The maximum atomic E-state index is 14.3. The summed E-state index contributed by atoms with van der Waals surface area (Å²) in [5, 5.41) is 0. The average Bonchev–Trinajstić information content (AvgIpc) is 2.70. The molecule has 0 aliphatic carbocycles. The number of benzene rings is 2. The van der Waals surface area contributed by atoms with E-state index in [-0.39, 0.29) is 5.82 Å². The molecule has 0 atom stereocenters. The number of unbranched alkanes of at least 4 members (excludes halogenated alkanes) is 3. The molecule has 3 heteroatoms. The second-order valence-electron chi connectivity index (χ2n) is 5.94. The lowest BCUT2D eigenvalue weighted by atomic mass is 10.0. The summed E-state index contributed by atoms with van der Waals surface area (Å²) in [6, 6.07) is 10.8. The third-order valence-corrected chi connectivity index (χ3v) is 4.17. The summed E-state index contributed by atoms with van der Waals surface area (Å²) in [5.74, 6) is 1.12. The van der Waals surface area contributed by atoms with Crippen LogP contribution in [0.2, 0.25) is 0 Å². The molecule has 0 aliphatic heterocycles. The molecule has 0 radical (unpaired) electrons. The molecular formula is C23H33FO2. The minimum absolute atomic E-state index is 0.268. The normalized spacial score (nSPS) is 10.1. The molecule has 144 valence electrons. The number of rotatable bonds is 9. The Morgan fingerprint density at radius 2 is 1.65 bits per heavy atom. The van der Waals surface area contributed by atoms with E-state index < -0.39 is 0 Å². The van der Waals surface area contributed by atoms with E-state index in [9.17, 15) is 4.39 Å². The van der Waals surface area contributed by atoms with Gasteiger partial charge in [-0.15, -0.1) is 0 Å². The van der Waals surface area contributed by atoms with Crippen molar-refractivity contribution in [3.63, 3.8) is 0 Å². The fourth-order valence-corrected chi connectivity index (χ4v) is 2.68. The predicted octanol–water partition coefficient (Wildman–Crippen LogP) is 7.05. The second-order valence-corrected chi connectivity index (χ2v) is 5.94. The van der Waals surface area contributed by atoms with Gasteiger partial charge in [-0.2, -0.15) is 0 Å². The molecule has 0 N–H and O–H groups in total. The fourth-order valence-electron chi connectivity index (χ4n) is 2.68. The molecule has 0 heterocycles. The van der Waals surface area contributed by atoms with Crippen molar-refractivity contribution in [3.8, 4) is 22.6 Å². The Balaban J connectivity index is 0.00000163. The van der Waals surface area contributed by atoms with Crippen LogP contribution in [0.15, 0.2) is 36.4 Å². The van der Waals surface area contributed by atoms with Crippen LogP contribution in [0.3, 0.4) is 0 Å². The van der Waals surface area contributed by atoms with Gasteiger partial charge in [0.25, 0.3) is 0 Å². The van der Waals surface area contributed by atoms with Crippen molar-refractivity contribution in [3.05, 3.63) is 47.8 Å². The molecule has 0 aromatic heterocycles. The molecule has 2 rings (SSSR count). The maximum absolute atomic E-state index is 14.3. The first-order valence-electron chi connectivity index (χ1n) is 9.79. The van der Waals surface area contributed by atoms with Crippen molar-refractivity contribution < 1.29 is 13.9 Å². The van der Waals surface area contributed by atoms with Crippen molar-refractivity contribution >= 4 is 0 Å². The Kier molecular flexibility index (Phi) is 10.5. The fraction of sp³-hybridized carbons (Fsp3) is 0.478. The highest BCUT2D eigenvalue weighted by molar-refractivity contribution is 5.72. The SMILES string of the molecule is CC.CCCCCCOc1cc(CC)ccc1-c1cc(OC)ccc1F. The Morgan fingerprint density at radius 1 is 0.885 bits per heavy atom. The van der Waals surface area contributed by atoms with E-state index >= 15 is 0 Å². The number of ether oxygens (including phenoxy) is 2. The van der Waals surface area contributed by atoms with Gasteiger partial charge in [-0.05, 0) is 42.7 Å². The quantitative estimate of drug-likeness (QED) is 0.446. The van der Waals surface area contributed by atoms with Gasteiger partial charge in [0.15, 0.2) is 0 Å². The highest BCUT2D eigenvalue weighted by Gasteiger charge is 2.13. The zero-order valence-corrected chi connectivity index (χ0v) is 16.9. The number of hydrogen-bond donors (Lipinski definition) is 0. The van der Waals surface area contributed by atoms with E-state index in [0.717, 1.165) is 30.6 Å². The minimum Gasteiger partial charge on any atom is -0.497 e. The lowest BCUT2D eigenvalue weighted by molar-refractivity contribution is 0.306. The molecule has 2 aromatic rings. The van der Waals surface area contributed by atoms with Gasteiger partial charge in [0, 0.05) is 11.1 Å². The van der Waals surface area contributed by atoms with Crippen molar-refractivity contribution in [2.45, 2.75) is 59.8 Å². The van der Waals surface area contributed by atoms with Crippen molar-refractivity contribution in [2.75, 3.05) is 13.7 Å². The Hall–Kier alpha value is -2.03. The summed E-state index contributed by atoms with van der Waals surface area (Å²) < 4.78 is 25.6. The highest BCUT2D eigenvalue weighted by Crippen LogP contribution is 2.35. The lowest BCUT2D eigenvalue weighted by Gasteiger charge is -2.14. The second kappa shape index (κ2) is 12.3. The molecular weight excluding hydrogens is 327 g/mol. The molecule has 0 aliphatic rings. The van der Waals surface area contributed by atoms with Gasteiger partial charge in [0.05, 0.1) is 13.7 Å². The first kappa shape index (κ1) is 22.0. The topological polar surface area (TPSA) is 18.5 Å². The van der Waals surface area contributed by atoms with Crippen LogP contribution in [-0.2, 0) is 6.42 Å². The molecule has 0 fully saturated rings. The van der Waals surface area contributed by atoms with Crippen molar-refractivity contribution in [1.29, 1.82) is 0 Å². The van der Waals surface area contributed by atoms with E-state index in [1.807, 2.05) is 32.0 Å². The summed E-state index contributed by atoms with van der Waals surface area (Å²) in [4.78, 5) is 0. The predicted molar refractivity (Wildman–Crippen MR) is 109 cm³/mol. The van der Waals surface area contributed by atoms with E-state index in [0.29, 0.717) is 17.9 Å². The number of hydrogen-bond acceptors (Lipinski definition) is 2. The summed E-state index contributed by atoms with van der Waals surface area (Å²) in [7, 11) is 1.59. The van der Waals surface area contributed by atoms with Crippen LogP contribution in [0.5, 0.6) is 11.5 Å². The smallest absolute Gasteiger partial charge is 0.131 e. The molecule has 0 saturated heterocycles. The molecule has 0 unspecified atom stereocenters. The largest absolute Gasteiger partial charge is 0.497 e. The summed E-state index contributed by atoms with van der Waals surface area (Å²) in [5.41, 5.74) is 2.48. The lowest BCUT2D eigenvalue weighted by Crippen LogP contribution is -2.00. The summed E-state index contributed by atoms with van der Waals surface area (Å²) in [6.45, 7) is 8.95. The van der Waals surface area contributed by atoms with Gasteiger partial charge in [-0.3, -0.25) is 0 Å². The highest BCUT2D eigenvalue weighted by atomic mass is 19.1. The Bertz CT molecular complexity index is 653. The first-order chi connectivity index (χ1) is 12.7.